The average Bonchev–Trinajstić information content (AvgIpc) is 3.23. The number of nitrogens with zero attached hydrogens (tertiary/aromatic N) is 1. The largest absolute Gasteiger partial charge is 0.466 e. The zero-order valence-electron chi connectivity index (χ0n) is 39.1. The third-order valence-electron chi connectivity index (χ3n) is 11.9. The topological polar surface area (TPSA) is 114 Å². The summed E-state index contributed by atoms with van der Waals surface area (Å²) in [5.74, 6) is -0.0782. The van der Waals surface area contributed by atoms with Gasteiger partial charge in [-0.15, -0.1) is 0 Å². The van der Waals surface area contributed by atoms with Gasteiger partial charge in [0.2, 0.25) is 0 Å². The zero-order valence-corrected chi connectivity index (χ0v) is 39.1. The summed E-state index contributed by atoms with van der Waals surface area (Å²) in [6.07, 6.45) is 38.6. The second-order valence-electron chi connectivity index (χ2n) is 17.4. The first-order valence-electron chi connectivity index (χ1n) is 25.2. The van der Waals surface area contributed by atoms with Gasteiger partial charge in [0.15, 0.2) is 0 Å². The predicted molar refractivity (Wildman–Crippen MR) is 251 cm³/mol. The second kappa shape index (κ2) is 39.7. The van der Waals surface area contributed by atoms with E-state index in [0.29, 0.717) is 37.4 Å². The second-order valence-corrected chi connectivity index (χ2v) is 17.4. The lowest BCUT2D eigenvalue weighted by Crippen LogP contribution is -2.37. The SMILES string of the molecule is CCCCCCCCCCCOC(=O)CCCCCN(CCCCCCCC(=O)OC(CCCCCCCC)CCCCCCCC)CCCNc1c(NC)c(=O)c1=O. The third kappa shape index (κ3) is 30.3. The van der Waals surface area contributed by atoms with Crippen LogP contribution in [0.5, 0.6) is 0 Å². The van der Waals surface area contributed by atoms with Gasteiger partial charge in [0, 0.05) is 26.4 Å². The van der Waals surface area contributed by atoms with Crippen molar-refractivity contribution in [3.05, 3.63) is 20.4 Å². The van der Waals surface area contributed by atoms with Crippen molar-refractivity contribution >= 4 is 23.3 Å². The quantitative estimate of drug-likeness (QED) is 0.0377. The molecule has 1 aromatic rings. The maximum atomic E-state index is 12.8. The molecule has 344 valence electrons. The van der Waals surface area contributed by atoms with Gasteiger partial charge in [-0.1, -0.05) is 162 Å². The van der Waals surface area contributed by atoms with E-state index in [0.717, 1.165) is 116 Å². The lowest BCUT2D eigenvalue weighted by Gasteiger charge is -2.23. The van der Waals surface area contributed by atoms with E-state index in [1.807, 2.05) is 0 Å². The Hall–Kier alpha value is -2.42. The molecule has 0 unspecified atom stereocenters. The van der Waals surface area contributed by atoms with E-state index in [4.69, 9.17) is 9.47 Å². The fourth-order valence-corrected chi connectivity index (χ4v) is 8.05. The molecule has 0 amide bonds. The van der Waals surface area contributed by atoms with E-state index in [9.17, 15) is 19.2 Å². The maximum absolute atomic E-state index is 12.8. The Morgan fingerprint density at radius 1 is 0.492 bits per heavy atom. The van der Waals surface area contributed by atoms with Gasteiger partial charge in [-0.25, -0.2) is 0 Å². The van der Waals surface area contributed by atoms with Crippen molar-refractivity contribution in [1.29, 1.82) is 0 Å². The van der Waals surface area contributed by atoms with Crippen LogP contribution in [0.15, 0.2) is 9.59 Å². The first-order chi connectivity index (χ1) is 28.9. The summed E-state index contributed by atoms with van der Waals surface area (Å²) < 4.78 is 11.6. The molecule has 0 aromatic heterocycles. The minimum absolute atomic E-state index is 0.00983. The van der Waals surface area contributed by atoms with Gasteiger partial charge in [-0.3, -0.25) is 19.2 Å². The van der Waals surface area contributed by atoms with Crippen molar-refractivity contribution < 1.29 is 19.1 Å². The van der Waals surface area contributed by atoms with Gasteiger partial charge in [0.25, 0.3) is 10.9 Å². The van der Waals surface area contributed by atoms with Gasteiger partial charge in [0.05, 0.1) is 6.61 Å². The van der Waals surface area contributed by atoms with E-state index in [1.54, 1.807) is 7.05 Å². The molecule has 2 N–H and O–H groups in total. The fraction of sp³-hybridized carbons (Fsp3) is 0.880. The number of carbonyl (C=O) groups is 2. The van der Waals surface area contributed by atoms with Crippen LogP contribution in [0.3, 0.4) is 0 Å². The van der Waals surface area contributed by atoms with Gasteiger partial charge in [-0.05, 0) is 83.8 Å². The normalized spacial score (nSPS) is 11.6. The van der Waals surface area contributed by atoms with E-state index < -0.39 is 10.9 Å². The first kappa shape index (κ1) is 54.6. The highest BCUT2D eigenvalue weighted by molar-refractivity contribution is 5.73. The van der Waals surface area contributed by atoms with Crippen LogP contribution in [0.4, 0.5) is 11.4 Å². The average molecular weight is 832 g/mol. The number of rotatable bonds is 45. The summed E-state index contributed by atoms with van der Waals surface area (Å²) in [4.78, 5) is 51.3. The Morgan fingerprint density at radius 3 is 1.42 bits per heavy atom. The summed E-state index contributed by atoms with van der Waals surface area (Å²) in [5.41, 5.74) is -0.0962. The molecule has 0 radical (unpaired) electrons. The van der Waals surface area contributed by atoms with Crippen LogP contribution < -0.4 is 21.5 Å². The molecule has 0 spiro atoms. The van der Waals surface area contributed by atoms with E-state index in [2.05, 4.69) is 36.3 Å². The summed E-state index contributed by atoms with van der Waals surface area (Å²) >= 11 is 0. The monoisotopic (exact) mass is 832 g/mol. The van der Waals surface area contributed by atoms with Crippen LogP contribution >= 0.6 is 0 Å². The van der Waals surface area contributed by atoms with Crippen molar-refractivity contribution in [2.45, 2.75) is 245 Å². The summed E-state index contributed by atoms with van der Waals surface area (Å²) in [6.45, 7) is 10.8. The molecule has 9 heteroatoms. The van der Waals surface area contributed by atoms with Crippen molar-refractivity contribution in [1.82, 2.24) is 4.90 Å². The molecule has 0 saturated carbocycles. The lowest BCUT2D eigenvalue weighted by atomic mass is 10.0. The molecule has 1 rings (SSSR count). The molecule has 0 atom stereocenters. The molecule has 0 aliphatic heterocycles. The number of ether oxygens (including phenoxy) is 2. The van der Waals surface area contributed by atoms with Crippen LogP contribution in [-0.4, -0.2) is 62.8 Å². The standard InChI is InChI=1S/C50H93N3O6/c1-5-8-11-14-17-18-19-25-33-43-58-45(54)37-30-26-32-41-53(42-34-39-52-48-47(51-4)49(56)50(48)57)40-31-24-20-23-29-38-46(55)59-44(35-27-21-15-12-9-6-2)36-28-22-16-13-10-7-3/h44,51-52H,5-43H2,1-4H3. The number of hydrogen-bond acceptors (Lipinski definition) is 9. The van der Waals surface area contributed by atoms with Crippen molar-refractivity contribution in [3.63, 3.8) is 0 Å². The number of carbonyl (C=O) groups excluding carboxylic acids is 2. The molecule has 0 aliphatic carbocycles. The summed E-state index contributed by atoms with van der Waals surface area (Å²) in [6, 6.07) is 0. The van der Waals surface area contributed by atoms with Crippen LogP contribution in [0.1, 0.15) is 239 Å². The van der Waals surface area contributed by atoms with Crippen molar-refractivity contribution in [2.24, 2.45) is 0 Å². The lowest BCUT2D eigenvalue weighted by molar-refractivity contribution is -0.150. The number of anilines is 2. The Labute approximate surface area is 362 Å². The Kier molecular flexibility index (Phi) is 36.7. The molecular formula is C50H93N3O6. The first-order valence-corrected chi connectivity index (χ1v) is 25.2. The fourth-order valence-electron chi connectivity index (χ4n) is 8.05. The number of unbranched alkanes of at least 4 members (excludes halogenated alkanes) is 24. The highest BCUT2D eigenvalue weighted by Crippen LogP contribution is 2.19. The molecular weight excluding hydrogens is 739 g/mol. The molecule has 1 aromatic carbocycles. The van der Waals surface area contributed by atoms with Crippen molar-refractivity contribution in [3.8, 4) is 0 Å². The van der Waals surface area contributed by atoms with Crippen LogP contribution in [0, 0.1) is 0 Å². The predicted octanol–water partition coefficient (Wildman–Crippen LogP) is 12.8. The Bertz CT molecular complexity index is 1180. The minimum Gasteiger partial charge on any atom is -0.466 e. The smallest absolute Gasteiger partial charge is 0.306 e. The molecule has 0 aliphatic rings. The van der Waals surface area contributed by atoms with Crippen molar-refractivity contribution in [2.75, 3.05) is 50.5 Å². The van der Waals surface area contributed by atoms with Gasteiger partial charge < -0.3 is 25.0 Å². The zero-order chi connectivity index (χ0) is 43.0. The molecule has 0 heterocycles. The highest BCUT2D eigenvalue weighted by Gasteiger charge is 2.19. The molecule has 59 heavy (non-hydrogen) atoms. The minimum atomic E-state index is -0.447. The van der Waals surface area contributed by atoms with Gasteiger partial charge in [-0.2, -0.15) is 0 Å². The molecule has 0 fully saturated rings. The third-order valence-corrected chi connectivity index (χ3v) is 11.9. The Balaban J connectivity index is 2.37. The summed E-state index contributed by atoms with van der Waals surface area (Å²) in [7, 11) is 1.66. The van der Waals surface area contributed by atoms with Gasteiger partial charge in [0.1, 0.15) is 17.5 Å². The number of esters is 2. The number of nitrogens with one attached hydrogen (secondary N) is 2. The van der Waals surface area contributed by atoms with Crippen LogP contribution in [-0.2, 0) is 19.1 Å². The highest BCUT2D eigenvalue weighted by atomic mass is 16.5. The summed E-state index contributed by atoms with van der Waals surface area (Å²) in [5, 5.41) is 5.99. The number of hydrogen-bond donors (Lipinski definition) is 2. The molecule has 0 saturated heterocycles. The van der Waals surface area contributed by atoms with Crippen LogP contribution in [0.25, 0.3) is 0 Å². The molecule has 9 nitrogen and oxygen atoms in total. The Morgan fingerprint density at radius 2 is 0.898 bits per heavy atom. The van der Waals surface area contributed by atoms with Crippen LogP contribution in [0.2, 0.25) is 0 Å². The van der Waals surface area contributed by atoms with E-state index >= 15 is 0 Å². The molecule has 0 bridgehead atoms. The van der Waals surface area contributed by atoms with E-state index in [1.165, 1.54) is 109 Å². The maximum Gasteiger partial charge on any atom is 0.306 e. The van der Waals surface area contributed by atoms with Gasteiger partial charge >= 0.3 is 11.9 Å². The van der Waals surface area contributed by atoms with E-state index in [-0.39, 0.29) is 18.0 Å².